The molecule has 174 valence electrons. The molecule has 1 N–H and O–H groups in total. The van der Waals surface area contributed by atoms with Crippen LogP contribution in [-0.4, -0.2) is 63.0 Å². The van der Waals surface area contributed by atoms with E-state index in [0.717, 1.165) is 23.9 Å². The van der Waals surface area contributed by atoms with E-state index in [2.05, 4.69) is 15.4 Å². The topological polar surface area (TPSA) is 72.4 Å². The van der Waals surface area contributed by atoms with E-state index in [1.165, 1.54) is 38.8 Å². The van der Waals surface area contributed by atoms with Gasteiger partial charge in [-0.25, -0.2) is 0 Å². The summed E-state index contributed by atoms with van der Waals surface area (Å²) in [6.07, 6.45) is 12.7. The van der Waals surface area contributed by atoms with E-state index >= 15 is 0 Å². The van der Waals surface area contributed by atoms with Crippen LogP contribution in [0.1, 0.15) is 37.7 Å². The van der Waals surface area contributed by atoms with Gasteiger partial charge in [-0.15, -0.1) is 0 Å². The Bertz CT molecular complexity index is 779. The first-order valence-corrected chi connectivity index (χ1v) is 11.8. The molecular formula is C25H35N3O4. The Morgan fingerprint density at radius 3 is 2.75 bits per heavy atom. The highest BCUT2D eigenvalue weighted by Gasteiger charge is 2.44. The summed E-state index contributed by atoms with van der Waals surface area (Å²) in [5, 5.41) is 6.99. The van der Waals surface area contributed by atoms with Crippen molar-refractivity contribution in [3.63, 3.8) is 0 Å². The number of nitrogens with zero attached hydrogens (tertiary/aromatic N) is 2. The van der Waals surface area contributed by atoms with E-state index in [0.29, 0.717) is 37.8 Å². The fourth-order valence-electron chi connectivity index (χ4n) is 4.23. The number of hydrogen-bond acceptors (Lipinski definition) is 6. The van der Waals surface area contributed by atoms with Gasteiger partial charge in [0.15, 0.2) is 6.61 Å². The maximum Gasteiger partial charge on any atom is 0.257 e. The van der Waals surface area contributed by atoms with E-state index in [9.17, 15) is 4.79 Å². The smallest absolute Gasteiger partial charge is 0.257 e. The number of oxime groups is 1. The summed E-state index contributed by atoms with van der Waals surface area (Å²) in [5.41, 5.74) is 1.84. The second-order valence-corrected chi connectivity index (χ2v) is 9.15. The SMILES string of the molecule is O=C(COc1ccc(CC=NOCCN2CCC3(CC2)CC3)cc1)NCC1C=COCC1. The molecule has 0 bridgehead atoms. The molecule has 1 aromatic rings. The second-order valence-electron chi connectivity index (χ2n) is 9.15. The Morgan fingerprint density at radius 1 is 1.22 bits per heavy atom. The summed E-state index contributed by atoms with van der Waals surface area (Å²) in [7, 11) is 0. The highest BCUT2D eigenvalue weighted by molar-refractivity contribution is 5.77. The molecule has 4 rings (SSSR count). The Kier molecular flexibility index (Phi) is 8.04. The first-order chi connectivity index (χ1) is 15.7. The molecule has 2 fully saturated rings. The Labute approximate surface area is 190 Å². The molecular weight excluding hydrogens is 406 g/mol. The van der Waals surface area contributed by atoms with Gasteiger partial charge in [-0.05, 0) is 74.4 Å². The summed E-state index contributed by atoms with van der Waals surface area (Å²) in [5.74, 6) is 0.893. The van der Waals surface area contributed by atoms with Crippen LogP contribution < -0.4 is 10.1 Å². The third-order valence-corrected chi connectivity index (χ3v) is 6.76. The number of carbonyl (C=O) groups is 1. The van der Waals surface area contributed by atoms with Gasteiger partial charge in [0.2, 0.25) is 0 Å². The van der Waals surface area contributed by atoms with Gasteiger partial charge in [-0.3, -0.25) is 9.69 Å². The van der Waals surface area contributed by atoms with Crippen molar-refractivity contribution in [3.05, 3.63) is 42.2 Å². The number of hydrogen-bond donors (Lipinski definition) is 1. The van der Waals surface area contributed by atoms with Crippen LogP contribution in [0.15, 0.2) is 41.8 Å². The molecule has 1 saturated carbocycles. The minimum atomic E-state index is -0.116. The molecule has 0 radical (unpaired) electrons. The van der Waals surface area contributed by atoms with Gasteiger partial charge in [-0.1, -0.05) is 17.3 Å². The van der Waals surface area contributed by atoms with Crippen LogP contribution in [0, 0.1) is 11.3 Å². The Balaban J connectivity index is 1.05. The minimum absolute atomic E-state index is 0.0135. The summed E-state index contributed by atoms with van der Waals surface area (Å²) < 4.78 is 10.7. The summed E-state index contributed by atoms with van der Waals surface area (Å²) in [4.78, 5) is 19.9. The van der Waals surface area contributed by atoms with Crippen molar-refractivity contribution in [1.29, 1.82) is 0 Å². The summed E-state index contributed by atoms with van der Waals surface area (Å²) >= 11 is 0. The quantitative estimate of drug-likeness (QED) is 0.324. The fourth-order valence-corrected chi connectivity index (χ4v) is 4.23. The van der Waals surface area contributed by atoms with E-state index in [-0.39, 0.29) is 12.5 Å². The highest BCUT2D eigenvalue weighted by atomic mass is 16.6. The normalized spacial score (nSPS) is 21.9. The number of piperidine rings is 1. The third-order valence-electron chi connectivity index (χ3n) is 6.76. The molecule has 1 aliphatic carbocycles. The second kappa shape index (κ2) is 11.4. The van der Waals surface area contributed by atoms with Crippen LogP contribution >= 0.6 is 0 Å². The zero-order valence-corrected chi connectivity index (χ0v) is 18.8. The van der Waals surface area contributed by atoms with E-state index in [4.69, 9.17) is 14.3 Å². The van der Waals surface area contributed by atoms with Gasteiger partial charge in [-0.2, -0.15) is 0 Å². The number of amides is 1. The van der Waals surface area contributed by atoms with Gasteiger partial charge in [0.05, 0.1) is 12.9 Å². The van der Waals surface area contributed by atoms with E-state index in [1.807, 2.05) is 30.3 Å². The van der Waals surface area contributed by atoms with Gasteiger partial charge in [0, 0.05) is 31.6 Å². The maximum absolute atomic E-state index is 12.0. The van der Waals surface area contributed by atoms with Crippen LogP contribution in [0.25, 0.3) is 0 Å². The zero-order valence-electron chi connectivity index (χ0n) is 18.8. The van der Waals surface area contributed by atoms with Gasteiger partial charge in [0.1, 0.15) is 12.4 Å². The largest absolute Gasteiger partial charge is 0.501 e. The molecule has 0 aromatic heterocycles. The van der Waals surface area contributed by atoms with Crippen LogP contribution in [0.3, 0.4) is 0 Å². The lowest BCUT2D eigenvalue weighted by Crippen LogP contribution is -2.36. The highest BCUT2D eigenvalue weighted by Crippen LogP contribution is 2.53. The van der Waals surface area contributed by atoms with Crippen molar-refractivity contribution in [2.75, 3.05) is 46.0 Å². The molecule has 1 aromatic carbocycles. The molecule has 7 nitrogen and oxygen atoms in total. The zero-order chi connectivity index (χ0) is 22.1. The summed E-state index contributed by atoms with van der Waals surface area (Å²) in [6.45, 7) is 5.34. The van der Waals surface area contributed by atoms with Crippen molar-refractivity contribution >= 4 is 12.1 Å². The van der Waals surface area contributed by atoms with Gasteiger partial charge in [0.25, 0.3) is 5.91 Å². The van der Waals surface area contributed by atoms with Crippen LogP contribution in [0.5, 0.6) is 5.75 Å². The molecule has 1 amide bonds. The van der Waals surface area contributed by atoms with Gasteiger partial charge >= 0.3 is 0 Å². The number of carbonyl (C=O) groups excluding carboxylic acids is 1. The van der Waals surface area contributed by atoms with Crippen molar-refractivity contribution in [1.82, 2.24) is 10.2 Å². The Morgan fingerprint density at radius 2 is 2.03 bits per heavy atom. The molecule has 2 heterocycles. The average molecular weight is 442 g/mol. The average Bonchev–Trinajstić information content (AvgIpc) is 3.60. The summed E-state index contributed by atoms with van der Waals surface area (Å²) in [6, 6.07) is 7.71. The lowest BCUT2D eigenvalue weighted by atomic mass is 9.94. The van der Waals surface area contributed by atoms with Crippen LogP contribution in [0.2, 0.25) is 0 Å². The molecule has 1 atom stereocenters. The third kappa shape index (κ3) is 7.26. The number of likely N-dealkylation sites (tertiary alicyclic amines) is 1. The fraction of sp³-hybridized carbons (Fsp3) is 0.600. The molecule has 1 saturated heterocycles. The number of ether oxygens (including phenoxy) is 2. The van der Waals surface area contributed by atoms with Crippen LogP contribution in [-0.2, 0) is 20.8 Å². The first kappa shape index (κ1) is 22.6. The molecule has 32 heavy (non-hydrogen) atoms. The molecule has 7 heteroatoms. The number of benzene rings is 1. The molecule has 2 aliphatic heterocycles. The number of rotatable bonds is 11. The predicted octanol–water partition coefficient (Wildman–Crippen LogP) is 3.15. The number of nitrogens with one attached hydrogen (secondary N) is 1. The van der Waals surface area contributed by atoms with Gasteiger partial charge < -0.3 is 19.6 Å². The van der Waals surface area contributed by atoms with Crippen molar-refractivity contribution in [2.24, 2.45) is 16.5 Å². The standard InChI is InChI=1S/C25H35N3O4/c29-24(26-19-22-6-16-30-17-7-22)20-31-23-3-1-21(2-4-23)5-12-27-32-18-15-28-13-10-25(8-9-25)11-14-28/h1-4,6,12,16,22H,5,7-11,13-15,17-20H2,(H,26,29). The monoisotopic (exact) mass is 441 g/mol. The first-order valence-electron chi connectivity index (χ1n) is 11.8. The molecule has 1 unspecified atom stereocenters. The predicted molar refractivity (Wildman–Crippen MR) is 124 cm³/mol. The van der Waals surface area contributed by atoms with E-state index in [1.54, 1.807) is 12.5 Å². The van der Waals surface area contributed by atoms with Crippen LogP contribution in [0.4, 0.5) is 0 Å². The maximum atomic E-state index is 12.0. The lowest BCUT2D eigenvalue weighted by molar-refractivity contribution is -0.123. The van der Waals surface area contributed by atoms with Crippen molar-refractivity contribution in [3.8, 4) is 5.75 Å². The van der Waals surface area contributed by atoms with E-state index < -0.39 is 0 Å². The van der Waals surface area contributed by atoms with Crippen molar-refractivity contribution in [2.45, 2.75) is 38.5 Å². The molecule has 3 aliphatic rings. The molecule has 1 spiro atoms. The van der Waals surface area contributed by atoms with Crippen molar-refractivity contribution < 1.29 is 19.1 Å². The minimum Gasteiger partial charge on any atom is -0.501 e. The lowest BCUT2D eigenvalue weighted by Gasteiger charge is -2.31. The Hall–Kier alpha value is -2.54.